The Morgan fingerprint density at radius 1 is 1.03 bits per heavy atom. The van der Waals surface area contributed by atoms with Crippen LogP contribution in [0.4, 0.5) is 10.2 Å². The molecule has 0 fully saturated rings. The molecule has 0 aliphatic heterocycles. The van der Waals surface area contributed by atoms with Gasteiger partial charge in [-0.3, -0.25) is 0 Å². The van der Waals surface area contributed by atoms with Crippen LogP contribution in [0.15, 0.2) is 54.6 Å². The monoisotopic (exact) mass is 400 g/mol. The van der Waals surface area contributed by atoms with Crippen molar-refractivity contribution in [3.63, 3.8) is 0 Å². The van der Waals surface area contributed by atoms with Gasteiger partial charge in [0.2, 0.25) is 0 Å². The number of benzene rings is 2. The fraction of sp³-hybridized carbons (Fsp3) is 0.280. The van der Waals surface area contributed by atoms with Gasteiger partial charge in [0.1, 0.15) is 11.6 Å². The minimum absolute atomic E-state index is 0.241. The first kappa shape index (κ1) is 18.8. The van der Waals surface area contributed by atoms with E-state index < -0.39 is 0 Å². The van der Waals surface area contributed by atoms with E-state index >= 15 is 0 Å². The number of hydrogen-bond acceptors (Lipinski definition) is 3. The Bertz CT molecular complexity index is 1190. The molecule has 0 atom stereocenters. The highest BCUT2D eigenvalue weighted by Crippen LogP contribution is 2.30. The third kappa shape index (κ3) is 3.56. The number of rotatable bonds is 5. The maximum absolute atomic E-state index is 13.3. The smallest absolute Gasteiger partial charge is 0.158 e. The van der Waals surface area contributed by atoms with Crippen molar-refractivity contribution >= 4 is 11.5 Å². The first-order valence-electron chi connectivity index (χ1n) is 10.6. The van der Waals surface area contributed by atoms with E-state index in [1.807, 2.05) is 10.6 Å². The van der Waals surface area contributed by atoms with Gasteiger partial charge in [-0.1, -0.05) is 24.3 Å². The standard InChI is InChI=1S/C25H25FN4/c1-17-6-2-3-7-18(17)14-15-27-25-21-8-4-5-9-22(21)28-24-16-23(29-30(24)25)19-10-12-20(26)13-11-19/h2-3,6-7,10-13,16,27H,4-5,8-9,14-15H2,1H3. The summed E-state index contributed by atoms with van der Waals surface area (Å²) in [4.78, 5) is 4.91. The molecule has 1 N–H and O–H groups in total. The van der Waals surface area contributed by atoms with Gasteiger partial charge < -0.3 is 5.32 Å². The zero-order valence-electron chi connectivity index (χ0n) is 17.2. The molecule has 2 aromatic heterocycles. The van der Waals surface area contributed by atoms with Crippen molar-refractivity contribution in [3.8, 4) is 11.3 Å². The van der Waals surface area contributed by atoms with Crippen LogP contribution in [-0.2, 0) is 19.3 Å². The van der Waals surface area contributed by atoms with Gasteiger partial charge in [-0.15, -0.1) is 0 Å². The number of hydrogen-bond donors (Lipinski definition) is 1. The van der Waals surface area contributed by atoms with Gasteiger partial charge in [0, 0.05) is 29.4 Å². The van der Waals surface area contributed by atoms with E-state index in [4.69, 9.17) is 10.1 Å². The van der Waals surface area contributed by atoms with Crippen molar-refractivity contribution < 1.29 is 4.39 Å². The second-order valence-electron chi connectivity index (χ2n) is 8.00. The van der Waals surface area contributed by atoms with Gasteiger partial charge in [-0.05, 0) is 74.4 Å². The Kier molecular flexibility index (Phi) is 4.95. The lowest BCUT2D eigenvalue weighted by molar-refractivity contribution is 0.628. The number of anilines is 1. The fourth-order valence-corrected chi connectivity index (χ4v) is 4.30. The van der Waals surface area contributed by atoms with E-state index in [0.717, 1.165) is 48.5 Å². The number of aryl methyl sites for hydroxylation is 2. The number of fused-ring (bicyclic) bond motifs is 2. The molecule has 30 heavy (non-hydrogen) atoms. The molecule has 1 aliphatic carbocycles. The quantitative estimate of drug-likeness (QED) is 0.489. The van der Waals surface area contributed by atoms with Gasteiger partial charge in [0.15, 0.2) is 5.65 Å². The summed E-state index contributed by atoms with van der Waals surface area (Å²) in [5.74, 6) is 0.811. The molecule has 0 unspecified atom stereocenters. The molecule has 2 heterocycles. The van der Waals surface area contributed by atoms with Crippen molar-refractivity contribution in [2.75, 3.05) is 11.9 Å². The summed E-state index contributed by atoms with van der Waals surface area (Å²) in [5.41, 5.74) is 7.69. The lowest BCUT2D eigenvalue weighted by atomic mass is 9.96. The summed E-state index contributed by atoms with van der Waals surface area (Å²) in [7, 11) is 0. The van der Waals surface area contributed by atoms with Gasteiger partial charge in [0.25, 0.3) is 0 Å². The molecular weight excluding hydrogens is 375 g/mol. The average Bonchev–Trinajstić information content (AvgIpc) is 3.19. The highest BCUT2D eigenvalue weighted by molar-refractivity contribution is 5.67. The van der Waals surface area contributed by atoms with Crippen LogP contribution < -0.4 is 5.32 Å². The van der Waals surface area contributed by atoms with Crippen molar-refractivity contribution in [3.05, 3.63) is 82.8 Å². The first-order valence-corrected chi connectivity index (χ1v) is 10.6. The third-order valence-corrected chi connectivity index (χ3v) is 5.96. The lowest BCUT2D eigenvalue weighted by Crippen LogP contribution is -2.17. The van der Waals surface area contributed by atoms with Crippen molar-refractivity contribution in [2.24, 2.45) is 0 Å². The zero-order valence-corrected chi connectivity index (χ0v) is 17.2. The summed E-state index contributed by atoms with van der Waals surface area (Å²) in [5, 5.41) is 8.50. The van der Waals surface area contributed by atoms with Gasteiger partial charge in [0.05, 0.1) is 5.69 Å². The molecule has 4 nitrogen and oxygen atoms in total. The van der Waals surface area contributed by atoms with Crippen molar-refractivity contribution in [2.45, 2.75) is 39.0 Å². The third-order valence-electron chi connectivity index (χ3n) is 5.96. The Balaban J connectivity index is 1.51. The highest BCUT2D eigenvalue weighted by Gasteiger charge is 2.20. The van der Waals surface area contributed by atoms with Gasteiger partial charge in [-0.25, -0.2) is 9.37 Å². The number of halogens is 1. The molecule has 0 saturated carbocycles. The summed E-state index contributed by atoms with van der Waals surface area (Å²) < 4.78 is 15.3. The number of nitrogens with zero attached hydrogens (tertiary/aromatic N) is 3. The molecule has 1 aliphatic rings. The summed E-state index contributed by atoms with van der Waals surface area (Å²) >= 11 is 0. The molecule has 0 spiro atoms. The van der Waals surface area contributed by atoms with Crippen LogP contribution >= 0.6 is 0 Å². The predicted octanol–water partition coefficient (Wildman–Crippen LogP) is 5.38. The van der Waals surface area contributed by atoms with Crippen LogP contribution in [0.25, 0.3) is 16.9 Å². The van der Waals surface area contributed by atoms with E-state index in [1.54, 1.807) is 12.1 Å². The summed E-state index contributed by atoms with van der Waals surface area (Å²) in [6, 6.07) is 17.0. The van der Waals surface area contributed by atoms with E-state index in [1.165, 1.54) is 47.4 Å². The molecular formula is C25H25FN4. The van der Waals surface area contributed by atoms with Crippen LogP contribution in [0.1, 0.15) is 35.2 Å². The fourth-order valence-electron chi connectivity index (χ4n) is 4.30. The number of nitrogens with one attached hydrogen (secondary N) is 1. The van der Waals surface area contributed by atoms with Crippen LogP contribution in [0.2, 0.25) is 0 Å². The minimum atomic E-state index is -0.241. The van der Waals surface area contributed by atoms with E-state index in [2.05, 4.69) is 36.5 Å². The lowest BCUT2D eigenvalue weighted by Gasteiger charge is -2.20. The van der Waals surface area contributed by atoms with E-state index in [9.17, 15) is 4.39 Å². The summed E-state index contributed by atoms with van der Waals surface area (Å²) in [6.07, 6.45) is 5.35. The Hall–Kier alpha value is -3.21. The second kappa shape index (κ2) is 7.90. The SMILES string of the molecule is Cc1ccccc1CCNc1c2c(nc3cc(-c4ccc(F)cc4)nn13)CCCC2. The first-order chi connectivity index (χ1) is 14.7. The van der Waals surface area contributed by atoms with Crippen LogP contribution in [0, 0.1) is 12.7 Å². The maximum atomic E-state index is 13.3. The molecule has 0 radical (unpaired) electrons. The molecule has 5 heteroatoms. The Labute approximate surface area is 175 Å². The van der Waals surface area contributed by atoms with Crippen LogP contribution in [-0.4, -0.2) is 21.1 Å². The van der Waals surface area contributed by atoms with E-state index in [0.29, 0.717) is 0 Å². The number of aromatic nitrogens is 3. The maximum Gasteiger partial charge on any atom is 0.158 e. The molecule has 152 valence electrons. The van der Waals surface area contributed by atoms with Crippen LogP contribution in [0.3, 0.4) is 0 Å². The zero-order chi connectivity index (χ0) is 20.5. The van der Waals surface area contributed by atoms with Crippen LogP contribution in [0.5, 0.6) is 0 Å². The topological polar surface area (TPSA) is 42.2 Å². The Morgan fingerprint density at radius 3 is 2.67 bits per heavy atom. The van der Waals surface area contributed by atoms with Gasteiger partial charge >= 0.3 is 0 Å². The average molecular weight is 401 g/mol. The molecule has 5 rings (SSSR count). The Morgan fingerprint density at radius 2 is 1.83 bits per heavy atom. The summed E-state index contributed by atoms with van der Waals surface area (Å²) in [6.45, 7) is 2.99. The predicted molar refractivity (Wildman–Crippen MR) is 118 cm³/mol. The van der Waals surface area contributed by atoms with Crippen molar-refractivity contribution in [1.29, 1.82) is 0 Å². The highest BCUT2D eigenvalue weighted by atomic mass is 19.1. The largest absolute Gasteiger partial charge is 0.369 e. The van der Waals surface area contributed by atoms with E-state index in [-0.39, 0.29) is 5.82 Å². The normalized spacial score (nSPS) is 13.4. The molecule has 0 amide bonds. The molecule has 4 aromatic rings. The van der Waals surface area contributed by atoms with Crippen molar-refractivity contribution in [1.82, 2.24) is 14.6 Å². The molecule has 0 saturated heterocycles. The minimum Gasteiger partial charge on any atom is -0.369 e. The second-order valence-corrected chi connectivity index (χ2v) is 8.00. The molecule has 2 aromatic carbocycles. The molecule has 0 bridgehead atoms. The van der Waals surface area contributed by atoms with Gasteiger partial charge in [-0.2, -0.15) is 9.61 Å².